The van der Waals surface area contributed by atoms with Gasteiger partial charge in [-0.2, -0.15) is 0 Å². The lowest BCUT2D eigenvalue weighted by molar-refractivity contribution is -0.138. The van der Waals surface area contributed by atoms with Crippen molar-refractivity contribution in [2.24, 2.45) is 5.73 Å². The maximum Gasteiger partial charge on any atom is 0.322 e. The lowest BCUT2D eigenvalue weighted by Gasteiger charge is -2.33. The molecule has 1 aliphatic rings. The highest BCUT2D eigenvalue weighted by Gasteiger charge is 2.22. The van der Waals surface area contributed by atoms with E-state index < -0.39 is 55.3 Å². The highest BCUT2D eigenvalue weighted by atomic mass is 16.4. The molecule has 0 saturated carbocycles. The number of rotatable bonds is 16. The molecule has 9 N–H and O–H groups in total. The number of hydrogen-bond donors (Lipinski definition) is 8. The first-order valence-electron chi connectivity index (χ1n) is 13.7. The van der Waals surface area contributed by atoms with E-state index in [1.807, 2.05) is 4.90 Å². The second-order valence-electron chi connectivity index (χ2n) is 9.75. The molecule has 1 saturated heterocycles. The number of aliphatic carboxylic acids is 3. The molecule has 0 radical (unpaired) electrons. The van der Waals surface area contributed by atoms with Crippen LogP contribution in [0.3, 0.4) is 0 Å². The van der Waals surface area contributed by atoms with Gasteiger partial charge in [-0.05, 0) is 0 Å². The van der Waals surface area contributed by atoms with Gasteiger partial charge in [0.05, 0.1) is 26.2 Å². The summed E-state index contributed by atoms with van der Waals surface area (Å²) in [5.74, 6) is -5.46. The van der Waals surface area contributed by atoms with Gasteiger partial charge in [0.2, 0.25) is 23.6 Å². The van der Waals surface area contributed by atoms with E-state index in [0.29, 0.717) is 26.2 Å². The highest BCUT2D eigenvalue weighted by Crippen LogP contribution is 2.02. The largest absolute Gasteiger partial charge is 0.480 e. The fourth-order valence-corrected chi connectivity index (χ4v) is 3.98. The number of nitrogens with zero attached hydrogens (tertiary/aromatic N) is 4. The van der Waals surface area contributed by atoms with Crippen molar-refractivity contribution >= 4 is 41.5 Å². The van der Waals surface area contributed by atoms with Gasteiger partial charge >= 0.3 is 17.9 Å². The predicted molar refractivity (Wildman–Crippen MR) is 150 cm³/mol. The van der Waals surface area contributed by atoms with Gasteiger partial charge < -0.3 is 42.3 Å². The fourth-order valence-electron chi connectivity index (χ4n) is 3.98. The second-order valence-corrected chi connectivity index (χ2v) is 9.75. The van der Waals surface area contributed by atoms with Crippen LogP contribution in [0.1, 0.15) is 0 Å². The zero-order valence-corrected chi connectivity index (χ0v) is 24.1. The smallest absolute Gasteiger partial charge is 0.322 e. The van der Waals surface area contributed by atoms with E-state index >= 15 is 0 Å². The zero-order chi connectivity index (χ0) is 32.2. The summed E-state index contributed by atoms with van der Waals surface area (Å²) in [6.45, 7) is 0.696. The van der Waals surface area contributed by atoms with E-state index in [2.05, 4.69) is 21.3 Å². The van der Waals surface area contributed by atoms with Crippen LogP contribution >= 0.6 is 0 Å². The standard InChI is InChI=1S/C24H43N9O10/c25-1-2-26-18(34)14-30-3-5-31(15-19(35)27-11-22(38)39)7-9-33(17-21(37)29-13-24(42)43)10-8-32(6-4-30)16-20(36)28-12-23(40)41/h1-17,25H2,(H,26,34)(H,27,35)(H,28,36)(H,29,37)(H,38,39)(H,40,41)(H,42,43). The summed E-state index contributed by atoms with van der Waals surface area (Å²) in [7, 11) is 0. The molecule has 1 aliphatic heterocycles. The molecule has 0 aromatic heterocycles. The highest BCUT2D eigenvalue weighted by molar-refractivity contribution is 5.83. The number of nitrogens with two attached hydrogens (primary N) is 1. The van der Waals surface area contributed by atoms with Gasteiger partial charge in [0.1, 0.15) is 19.6 Å². The van der Waals surface area contributed by atoms with Crippen LogP contribution in [-0.2, 0) is 33.6 Å². The normalized spacial score (nSPS) is 16.2. The molecule has 4 amide bonds. The fraction of sp³-hybridized carbons (Fsp3) is 0.708. The SMILES string of the molecule is NCCNC(=O)CN1CCN(CC(=O)NCC(=O)O)CCN(CC(=O)NCC(=O)O)CCN(CC(=O)NCC(=O)O)CC1. The minimum Gasteiger partial charge on any atom is -0.480 e. The van der Waals surface area contributed by atoms with Crippen molar-refractivity contribution in [1.82, 2.24) is 40.9 Å². The molecular formula is C24H43N9O10. The molecule has 19 heteroatoms. The lowest BCUT2D eigenvalue weighted by Crippen LogP contribution is -2.52. The zero-order valence-electron chi connectivity index (χ0n) is 24.1. The van der Waals surface area contributed by atoms with E-state index in [4.69, 9.17) is 21.1 Å². The van der Waals surface area contributed by atoms with E-state index in [-0.39, 0.29) is 71.4 Å². The van der Waals surface area contributed by atoms with Gasteiger partial charge in [0, 0.05) is 65.4 Å². The Hall–Kier alpha value is -3.91. The summed E-state index contributed by atoms with van der Waals surface area (Å²) in [5, 5.41) is 36.2. The molecule has 0 unspecified atom stereocenters. The molecule has 0 atom stereocenters. The van der Waals surface area contributed by atoms with Gasteiger partial charge in [0.25, 0.3) is 0 Å². The number of nitrogens with one attached hydrogen (secondary N) is 4. The van der Waals surface area contributed by atoms with E-state index in [0.717, 1.165) is 0 Å². The average Bonchev–Trinajstić information content (AvgIpc) is 2.93. The van der Waals surface area contributed by atoms with Gasteiger partial charge in [-0.25, -0.2) is 0 Å². The van der Waals surface area contributed by atoms with Crippen LogP contribution in [0.2, 0.25) is 0 Å². The van der Waals surface area contributed by atoms with E-state index in [9.17, 15) is 33.6 Å². The van der Waals surface area contributed by atoms with Crippen LogP contribution < -0.4 is 27.0 Å². The Morgan fingerprint density at radius 3 is 0.907 bits per heavy atom. The predicted octanol–water partition coefficient (Wildman–Crippen LogP) is -6.11. The van der Waals surface area contributed by atoms with Gasteiger partial charge in [-0.3, -0.25) is 53.2 Å². The Bertz CT molecular complexity index is 920. The number of amides is 4. The molecular weight excluding hydrogens is 574 g/mol. The quantitative estimate of drug-likeness (QED) is 0.0801. The maximum absolute atomic E-state index is 12.4. The van der Waals surface area contributed by atoms with Crippen molar-refractivity contribution < 1.29 is 48.9 Å². The molecule has 1 fully saturated rings. The molecule has 0 aliphatic carbocycles. The van der Waals surface area contributed by atoms with E-state index in [1.54, 1.807) is 14.7 Å². The Morgan fingerprint density at radius 2 is 0.698 bits per heavy atom. The molecule has 0 spiro atoms. The van der Waals surface area contributed by atoms with Crippen molar-refractivity contribution in [3.8, 4) is 0 Å². The summed E-state index contributed by atoms with van der Waals surface area (Å²) >= 11 is 0. The molecule has 0 bridgehead atoms. The van der Waals surface area contributed by atoms with Crippen LogP contribution in [0.25, 0.3) is 0 Å². The number of carboxylic acid groups (broad SMARTS) is 3. The van der Waals surface area contributed by atoms with Gasteiger partial charge in [-0.15, -0.1) is 0 Å². The molecule has 0 aromatic carbocycles. The average molecular weight is 618 g/mol. The summed E-state index contributed by atoms with van der Waals surface area (Å²) in [4.78, 5) is 89.3. The molecule has 244 valence electrons. The van der Waals surface area contributed by atoms with Crippen molar-refractivity contribution in [3.63, 3.8) is 0 Å². The Kier molecular flexibility index (Phi) is 18.0. The number of carbonyl (C=O) groups excluding carboxylic acids is 4. The first kappa shape index (κ1) is 37.1. The molecule has 0 aromatic rings. The third kappa shape index (κ3) is 19.0. The van der Waals surface area contributed by atoms with Crippen LogP contribution in [0.4, 0.5) is 0 Å². The van der Waals surface area contributed by atoms with Crippen LogP contribution in [-0.4, -0.2) is 188 Å². The number of carbonyl (C=O) groups is 7. The topological polar surface area (TPSA) is 267 Å². The van der Waals surface area contributed by atoms with Crippen LogP contribution in [0.15, 0.2) is 0 Å². The summed E-state index contributed by atoms with van der Waals surface area (Å²) < 4.78 is 0. The lowest BCUT2D eigenvalue weighted by atomic mass is 10.3. The van der Waals surface area contributed by atoms with Crippen molar-refractivity contribution in [3.05, 3.63) is 0 Å². The number of carboxylic acids is 3. The Balaban J connectivity index is 3.11. The van der Waals surface area contributed by atoms with Crippen LogP contribution in [0.5, 0.6) is 0 Å². The number of hydrogen-bond acceptors (Lipinski definition) is 12. The Labute approximate surface area is 248 Å². The van der Waals surface area contributed by atoms with Crippen molar-refractivity contribution in [2.45, 2.75) is 0 Å². The first-order chi connectivity index (χ1) is 20.4. The van der Waals surface area contributed by atoms with Gasteiger partial charge in [0.15, 0.2) is 0 Å². The minimum absolute atomic E-state index is 0.00791. The molecule has 19 nitrogen and oxygen atoms in total. The summed E-state index contributed by atoms with van der Waals surface area (Å²) in [6.07, 6.45) is 0. The maximum atomic E-state index is 12.4. The molecule has 1 rings (SSSR count). The Morgan fingerprint density at radius 1 is 0.465 bits per heavy atom. The van der Waals surface area contributed by atoms with E-state index in [1.165, 1.54) is 0 Å². The monoisotopic (exact) mass is 617 g/mol. The second kappa shape index (κ2) is 20.9. The first-order valence-corrected chi connectivity index (χ1v) is 13.7. The van der Waals surface area contributed by atoms with Gasteiger partial charge in [-0.1, -0.05) is 0 Å². The van der Waals surface area contributed by atoms with Crippen molar-refractivity contribution in [1.29, 1.82) is 0 Å². The summed E-state index contributed by atoms with van der Waals surface area (Å²) in [6, 6.07) is 0. The summed E-state index contributed by atoms with van der Waals surface area (Å²) in [5.41, 5.74) is 5.47. The molecule has 43 heavy (non-hydrogen) atoms. The third-order valence-electron chi connectivity index (χ3n) is 6.18. The van der Waals surface area contributed by atoms with Crippen molar-refractivity contribution in [2.75, 3.05) is 111 Å². The van der Waals surface area contributed by atoms with Crippen LogP contribution in [0, 0.1) is 0 Å². The third-order valence-corrected chi connectivity index (χ3v) is 6.18. The minimum atomic E-state index is -1.21. The molecule has 1 heterocycles.